The van der Waals surface area contributed by atoms with E-state index < -0.39 is 0 Å². The fourth-order valence-electron chi connectivity index (χ4n) is 3.34. The van der Waals surface area contributed by atoms with Crippen molar-refractivity contribution in [3.8, 4) is 0 Å². The Hall–Kier alpha value is -2.80. The van der Waals surface area contributed by atoms with Crippen LogP contribution in [0.3, 0.4) is 0 Å². The zero-order valence-electron chi connectivity index (χ0n) is 13.8. The molecule has 1 saturated carbocycles. The smallest absolute Gasteiger partial charge is 0.274 e. The van der Waals surface area contributed by atoms with Gasteiger partial charge in [0.05, 0.1) is 23.4 Å². The van der Waals surface area contributed by atoms with Crippen LogP contribution in [0.15, 0.2) is 36.5 Å². The van der Waals surface area contributed by atoms with Gasteiger partial charge in [0.25, 0.3) is 5.91 Å². The maximum atomic E-state index is 12.6. The first-order valence-electron chi connectivity index (χ1n) is 8.33. The van der Waals surface area contributed by atoms with E-state index in [2.05, 4.69) is 25.7 Å². The second kappa shape index (κ2) is 6.25. The second-order valence-electron chi connectivity index (χ2n) is 6.56. The number of carbonyl (C=O) groups is 1. The standard InChI is InChI=1S/C18H19N5O2/c1-10-16(22-23-21-10)18(25)20-17(12-7-14(24)8-12)13-6-11-4-2-3-5-15(11)19-9-13/h2-6,9,12,14,17,24H,7-8H2,1H3,(H,20,25)(H,21,22,23)/t12?,14?,17-/m1/s1. The molecule has 3 N–H and O–H groups in total. The first kappa shape index (κ1) is 15.7. The summed E-state index contributed by atoms with van der Waals surface area (Å²) in [5.74, 6) is -0.0973. The van der Waals surface area contributed by atoms with Crippen molar-refractivity contribution in [2.24, 2.45) is 5.92 Å². The summed E-state index contributed by atoms with van der Waals surface area (Å²) >= 11 is 0. The van der Waals surface area contributed by atoms with Crippen LogP contribution < -0.4 is 5.32 Å². The number of pyridine rings is 1. The number of nitrogens with zero attached hydrogens (tertiary/aromatic N) is 3. The Morgan fingerprint density at radius 1 is 1.32 bits per heavy atom. The zero-order chi connectivity index (χ0) is 17.4. The molecule has 25 heavy (non-hydrogen) atoms. The van der Waals surface area contributed by atoms with Crippen LogP contribution in [0.25, 0.3) is 10.9 Å². The van der Waals surface area contributed by atoms with E-state index in [0.717, 1.165) is 16.5 Å². The number of aliphatic hydroxyl groups is 1. The van der Waals surface area contributed by atoms with Gasteiger partial charge in [0.1, 0.15) is 0 Å². The van der Waals surface area contributed by atoms with Gasteiger partial charge in [0.15, 0.2) is 5.69 Å². The SMILES string of the molecule is Cc1n[nH]nc1C(=O)N[C@@H](c1cnc2ccccc2c1)C1CC(O)C1. The van der Waals surface area contributed by atoms with Crippen molar-refractivity contribution in [1.82, 2.24) is 25.7 Å². The lowest BCUT2D eigenvalue weighted by Crippen LogP contribution is -2.41. The molecule has 1 fully saturated rings. The van der Waals surface area contributed by atoms with E-state index in [1.54, 1.807) is 13.1 Å². The van der Waals surface area contributed by atoms with E-state index in [1.807, 2.05) is 30.3 Å². The third kappa shape index (κ3) is 2.98. The summed E-state index contributed by atoms with van der Waals surface area (Å²) in [5.41, 5.74) is 2.70. The molecule has 0 bridgehead atoms. The minimum absolute atomic E-state index is 0.175. The molecule has 2 heterocycles. The number of rotatable bonds is 4. The number of nitrogens with one attached hydrogen (secondary N) is 2. The van der Waals surface area contributed by atoms with Crippen molar-refractivity contribution in [3.63, 3.8) is 0 Å². The van der Waals surface area contributed by atoms with Gasteiger partial charge in [-0.3, -0.25) is 9.78 Å². The number of hydrogen-bond donors (Lipinski definition) is 3. The predicted molar refractivity (Wildman–Crippen MR) is 91.8 cm³/mol. The molecule has 0 radical (unpaired) electrons. The van der Waals surface area contributed by atoms with Crippen LogP contribution in [0.4, 0.5) is 0 Å². The molecule has 7 nitrogen and oxygen atoms in total. The van der Waals surface area contributed by atoms with Crippen molar-refractivity contribution >= 4 is 16.8 Å². The van der Waals surface area contributed by atoms with Crippen LogP contribution in [0.1, 0.15) is 40.6 Å². The average molecular weight is 337 g/mol. The summed E-state index contributed by atoms with van der Waals surface area (Å²) < 4.78 is 0. The highest BCUT2D eigenvalue weighted by molar-refractivity contribution is 5.93. The molecule has 1 aromatic carbocycles. The van der Waals surface area contributed by atoms with Crippen LogP contribution in [0.5, 0.6) is 0 Å². The zero-order valence-corrected chi connectivity index (χ0v) is 13.8. The Morgan fingerprint density at radius 3 is 2.84 bits per heavy atom. The van der Waals surface area contributed by atoms with Gasteiger partial charge >= 0.3 is 0 Å². The third-order valence-electron chi connectivity index (χ3n) is 4.82. The number of aromatic nitrogens is 4. The molecule has 1 atom stereocenters. The predicted octanol–water partition coefficient (Wildman–Crippen LogP) is 1.90. The molecule has 7 heteroatoms. The molecule has 0 saturated heterocycles. The molecule has 1 aliphatic rings. The summed E-state index contributed by atoms with van der Waals surface area (Å²) in [6.45, 7) is 1.73. The molecule has 1 aliphatic carbocycles. The molecule has 0 unspecified atom stereocenters. The van der Waals surface area contributed by atoms with Crippen molar-refractivity contribution < 1.29 is 9.90 Å². The number of aromatic amines is 1. The fraction of sp³-hybridized carbons (Fsp3) is 0.333. The minimum atomic E-state index is -0.299. The molecule has 128 valence electrons. The number of hydrogen-bond acceptors (Lipinski definition) is 5. The molecular weight excluding hydrogens is 318 g/mol. The molecule has 1 amide bonds. The Labute approximate surface area is 144 Å². The van der Waals surface area contributed by atoms with Crippen molar-refractivity contribution in [2.45, 2.75) is 31.9 Å². The second-order valence-corrected chi connectivity index (χ2v) is 6.56. The van der Waals surface area contributed by atoms with Gasteiger partial charge in [-0.1, -0.05) is 18.2 Å². The van der Waals surface area contributed by atoms with Crippen LogP contribution in [-0.4, -0.2) is 37.5 Å². The van der Waals surface area contributed by atoms with E-state index in [-0.39, 0.29) is 24.0 Å². The van der Waals surface area contributed by atoms with Gasteiger partial charge in [-0.15, -0.1) is 0 Å². The van der Waals surface area contributed by atoms with E-state index in [1.165, 1.54) is 0 Å². The van der Waals surface area contributed by atoms with Gasteiger partial charge in [-0.05, 0) is 43.4 Å². The Kier molecular flexibility index (Phi) is 3.93. The molecule has 0 aliphatic heterocycles. The highest BCUT2D eigenvalue weighted by atomic mass is 16.3. The lowest BCUT2D eigenvalue weighted by atomic mass is 9.75. The molecular formula is C18H19N5O2. The Bertz CT molecular complexity index is 916. The molecule has 3 aromatic rings. The van der Waals surface area contributed by atoms with Crippen LogP contribution in [0, 0.1) is 12.8 Å². The third-order valence-corrected chi connectivity index (χ3v) is 4.82. The van der Waals surface area contributed by atoms with Crippen LogP contribution in [0.2, 0.25) is 0 Å². The lowest BCUT2D eigenvalue weighted by Gasteiger charge is -2.38. The monoisotopic (exact) mass is 337 g/mol. The molecule has 2 aromatic heterocycles. The number of aliphatic hydroxyl groups excluding tert-OH is 1. The first-order valence-corrected chi connectivity index (χ1v) is 8.33. The lowest BCUT2D eigenvalue weighted by molar-refractivity contribution is 0.0234. The highest BCUT2D eigenvalue weighted by Crippen LogP contribution is 2.38. The number of H-pyrrole nitrogens is 1. The minimum Gasteiger partial charge on any atom is -0.393 e. The first-order chi connectivity index (χ1) is 12.1. The molecule has 4 rings (SSSR count). The summed E-state index contributed by atoms with van der Waals surface area (Å²) in [5, 5.41) is 24.1. The van der Waals surface area contributed by atoms with E-state index in [0.29, 0.717) is 24.2 Å². The van der Waals surface area contributed by atoms with Crippen molar-refractivity contribution in [3.05, 3.63) is 53.5 Å². The van der Waals surface area contributed by atoms with E-state index in [9.17, 15) is 9.90 Å². The van der Waals surface area contributed by atoms with Crippen LogP contribution in [-0.2, 0) is 0 Å². The van der Waals surface area contributed by atoms with Gasteiger partial charge in [0.2, 0.25) is 0 Å². The van der Waals surface area contributed by atoms with Crippen molar-refractivity contribution in [2.75, 3.05) is 0 Å². The number of fused-ring (bicyclic) bond motifs is 1. The van der Waals surface area contributed by atoms with E-state index in [4.69, 9.17) is 0 Å². The largest absolute Gasteiger partial charge is 0.393 e. The van der Waals surface area contributed by atoms with Gasteiger partial charge in [-0.2, -0.15) is 15.4 Å². The maximum Gasteiger partial charge on any atom is 0.274 e. The van der Waals surface area contributed by atoms with Crippen LogP contribution >= 0.6 is 0 Å². The Balaban J connectivity index is 1.65. The normalized spacial score (nSPS) is 20.9. The maximum absolute atomic E-state index is 12.6. The van der Waals surface area contributed by atoms with Crippen molar-refractivity contribution in [1.29, 1.82) is 0 Å². The number of carbonyl (C=O) groups excluding carboxylic acids is 1. The molecule has 0 spiro atoms. The highest BCUT2D eigenvalue weighted by Gasteiger charge is 2.36. The number of aryl methyl sites for hydroxylation is 1. The van der Waals surface area contributed by atoms with Gasteiger partial charge in [-0.25, -0.2) is 0 Å². The summed E-state index contributed by atoms with van der Waals surface area (Å²) in [4.78, 5) is 17.1. The number of amides is 1. The topological polar surface area (TPSA) is 104 Å². The quantitative estimate of drug-likeness (QED) is 0.674. The summed E-state index contributed by atoms with van der Waals surface area (Å²) in [6.07, 6.45) is 2.82. The van der Waals surface area contributed by atoms with E-state index >= 15 is 0 Å². The fourth-order valence-corrected chi connectivity index (χ4v) is 3.34. The summed E-state index contributed by atoms with van der Waals surface area (Å²) in [7, 11) is 0. The van der Waals surface area contributed by atoms with Gasteiger partial charge in [0, 0.05) is 11.6 Å². The number of para-hydroxylation sites is 1. The summed E-state index contributed by atoms with van der Waals surface area (Å²) in [6, 6.07) is 9.70. The van der Waals surface area contributed by atoms with Gasteiger partial charge < -0.3 is 10.4 Å². The Morgan fingerprint density at radius 2 is 2.12 bits per heavy atom. The average Bonchev–Trinajstić information content (AvgIpc) is 3.03. The number of benzene rings is 1.